The molecule has 114 valence electrons. The third-order valence-corrected chi connectivity index (χ3v) is 3.32. The summed E-state index contributed by atoms with van der Waals surface area (Å²) in [5.41, 5.74) is 2.18. The summed E-state index contributed by atoms with van der Waals surface area (Å²) >= 11 is 0. The van der Waals surface area contributed by atoms with Crippen LogP contribution in [0.5, 0.6) is 5.75 Å². The fourth-order valence-corrected chi connectivity index (χ4v) is 2.20. The summed E-state index contributed by atoms with van der Waals surface area (Å²) in [4.78, 5) is 11.9. The fraction of sp³-hybridized carbons (Fsp3) is 0.211. The second kappa shape index (κ2) is 8.03. The lowest BCUT2D eigenvalue weighted by atomic mass is 10.1. The summed E-state index contributed by atoms with van der Waals surface area (Å²) in [6, 6.07) is 17.8. The van der Waals surface area contributed by atoms with Gasteiger partial charge in [0, 0.05) is 12.1 Å². The second-order valence-corrected chi connectivity index (χ2v) is 5.21. The molecule has 3 nitrogen and oxygen atoms in total. The molecule has 2 aromatic rings. The molecule has 0 aliphatic heterocycles. The number of benzene rings is 2. The Morgan fingerprint density at radius 2 is 1.82 bits per heavy atom. The summed E-state index contributed by atoms with van der Waals surface area (Å²) in [5.74, 6) is 0.720. The van der Waals surface area contributed by atoms with Crippen molar-refractivity contribution in [3.63, 3.8) is 0 Å². The van der Waals surface area contributed by atoms with Gasteiger partial charge in [-0.1, -0.05) is 42.5 Å². The minimum atomic E-state index is -0.0840. The van der Waals surface area contributed by atoms with Crippen LogP contribution in [0.25, 0.3) is 6.08 Å². The lowest BCUT2D eigenvalue weighted by molar-refractivity contribution is -0.117. The predicted octanol–water partition coefficient (Wildman–Crippen LogP) is 3.46. The monoisotopic (exact) mass is 295 g/mol. The highest BCUT2D eigenvalue weighted by atomic mass is 16.5. The van der Waals surface area contributed by atoms with Crippen molar-refractivity contribution in [2.75, 3.05) is 7.11 Å². The molecule has 3 heteroatoms. The fourth-order valence-electron chi connectivity index (χ4n) is 2.20. The maximum absolute atomic E-state index is 11.9. The lowest BCUT2D eigenvalue weighted by Crippen LogP contribution is -2.32. The van der Waals surface area contributed by atoms with E-state index in [1.807, 2.05) is 49.4 Å². The summed E-state index contributed by atoms with van der Waals surface area (Å²) < 4.78 is 5.10. The molecule has 2 rings (SSSR count). The van der Waals surface area contributed by atoms with Gasteiger partial charge in [-0.25, -0.2) is 0 Å². The van der Waals surface area contributed by atoms with E-state index in [2.05, 4.69) is 17.4 Å². The van der Waals surface area contributed by atoms with Gasteiger partial charge in [-0.15, -0.1) is 0 Å². The van der Waals surface area contributed by atoms with E-state index in [9.17, 15) is 4.79 Å². The average molecular weight is 295 g/mol. The SMILES string of the molecule is COc1ccc(/C=C/C(=O)NC(C)Cc2ccccc2)cc1. The van der Waals surface area contributed by atoms with Crippen LogP contribution in [0.15, 0.2) is 60.7 Å². The summed E-state index contributed by atoms with van der Waals surface area (Å²) in [5, 5.41) is 2.97. The van der Waals surface area contributed by atoms with Crippen LogP contribution in [0, 0.1) is 0 Å². The zero-order valence-corrected chi connectivity index (χ0v) is 13.0. The Morgan fingerprint density at radius 3 is 2.45 bits per heavy atom. The van der Waals surface area contributed by atoms with Crippen LogP contribution in [0.2, 0.25) is 0 Å². The van der Waals surface area contributed by atoms with Crippen LogP contribution in [0.1, 0.15) is 18.1 Å². The Balaban J connectivity index is 1.84. The molecular weight excluding hydrogens is 274 g/mol. The molecule has 0 saturated carbocycles. The zero-order chi connectivity index (χ0) is 15.8. The van der Waals surface area contributed by atoms with Crippen LogP contribution in [-0.4, -0.2) is 19.1 Å². The van der Waals surface area contributed by atoms with Crippen LogP contribution < -0.4 is 10.1 Å². The van der Waals surface area contributed by atoms with E-state index in [0.29, 0.717) is 0 Å². The third kappa shape index (κ3) is 5.09. The van der Waals surface area contributed by atoms with Crippen molar-refractivity contribution in [1.29, 1.82) is 0 Å². The van der Waals surface area contributed by atoms with Gasteiger partial charge in [-0.2, -0.15) is 0 Å². The first-order chi connectivity index (χ1) is 10.7. The molecular formula is C19H21NO2. The minimum absolute atomic E-state index is 0.0840. The number of carbonyl (C=O) groups is 1. The van der Waals surface area contributed by atoms with Crippen LogP contribution in [0.3, 0.4) is 0 Å². The summed E-state index contributed by atoms with van der Waals surface area (Å²) in [7, 11) is 1.63. The number of amides is 1. The molecule has 0 saturated heterocycles. The van der Waals surface area contributed by atoms with Crippen LogP contribution >= 0.6 is 0 Å². The summed E-state index contributed by atoms with van der Waals surface area (Å²) in [6.45, 7) is 2.01. The van der Waals surface area contributed by atoms with Gasteiger partial charge in [0.1, 0.15) is 5.75 Å². The number of hydrogen-bond acceptors (Lipinski definition) is 2. The van der Waals surface area contributed by atoms with Crippen LogP contribution in [0.4, 0.5) is 0 Å². The number of carbonyl (C=O) groups excluding carboxylic acids is 1. The van der Waals surface area contributed by atoms with Gasteiger partial charge in [0.15, 0.2) is 0 Å². The minimum Gasteiger partial charge on any atom is -0.497 e. The highest BCUT2D eigenvalue weighted by Crippen LogP contribution is 2.12. The van der Waals surface area contributed by atoms with Crippen molar-refractivity contribution in [2.24, 2.45) is 0 Å². The van der Waals surface area contributed by atoms with E-state index in [4.69, 9.17) is 4.74 Å². The topological polar surface area (TPSA) is 38.3 Å². The van der Waals surface area contributed by atoms with E-state index < -0.39 is 0 Å². The quantitative estimate of drug-likeness (QED) is 0.829. The van der Waals surface area contributed by atoms with E-state index in [1.54, 1.807) is 19.3 Å². The van der Waals surface area contributed by atoms with Crippen molar-refractivity contribution in [3.8, 4) is 5.75 Å². The molecule has 1 atom stereocenters. The first-order valence-electron chi connectivity index (χ1n) is 7.34. The molecule has 0 aromatic heterocycles. The van der Waals surface area contributed by atoms with Gasteiger partial charge in [0.05, 0.1) is 7.11 Å². The Bertz CT molecular complexity index is 618. The lowest BCUT2D eigenvalue weighted by Gasteiger charge is -2.12. The van der Waals surface area contributed by atoms with Crippen molar-refractivity contribution >= 4 is 12.0 Å². The number of rotatable bonds is 6. The Kier molecular flexibility index (Phi) is 5.78. The largest absolute Gasteiger partial charge is 0.497 e. The number of ether oxygens (including phenoxy) is 1. The molecule has 2 aromatic carbocycles. The second-order valence-electron chi connectivity index (χ2n) is 5.21. The molecule has 0 fully saturated rings. The molecule has 1 N–H and O–H groups in total. The van der Waals surface area contributed by atoms with Crippen molar-refractivity contribution in [1.82, 2.24) is 5.32 Å². The molecule has 0 spiro atoms. The van der Waals surface area contributed by atoms with Gasteiger partial charge < -0.3 is 10.1 Å². The van der Waals surface area contributed by atoms with Gasteiger partial charge >= 0.3 is 0 Å². The maximum Gasteiger partial charge on any atom is 0.244 e. The highest BCUT2D eigenvalue weighted by molar-refractivity contribution is 5.91. The van der Waals surface area contributed by atoms with E-state index in [1.165, 1.54) is 5.56 Å². The van der Waals surface area contributed by atoms with Crippen LogP contribution in [-0.2, 0) is 11.2 Å². The molecule has 0 bridgehead atoms. The van der Waals surface area contributed by atoms with Gasteiger partial charge in [-0.3, -0.25) is 4.79 Å². The summed E-state index contributed by atoms with van der Waals surface area (Å²) in [6.07, 6.45) is 4.18. The number of methoxy groups -OCH3 is 1. The van der Waals surface area contributed by atoms with Gasteiger partial charge in [0.25, 0.3) is 0 Å². The van der Waals surface area contributed by atoms with Crippen molar-refractivity contribution in [2.45, 2.75) is 19.4 Å². The smallest absolute Gasteiger partial charge is 0.244 e. The number of hydrogen-bond donors (Lipinski definition) is 1. The van der Waals surface area contributed by atoms with Gasteiger partial charge in [-0.05, 0) is 42.7 Å². The highest BCUT2D eigenvalue weighted by Gasteiger charge is 2.05. The average Bonchev–Trinajstić information content (AvgIpc) is 2.54. The van der Waals surface area contributed by atoms with E-state index in [0.717, 1.165) is 17.7 Å². The first kappa shape index (κ1) is 15.8. The Morgan fingerprint density at radius 1 is 1.14 bits per heavy atom. The maximum atomic E-state index is 11.9. The molecule has 22 heavy (non-hydrogen) atoms. The first-order valence-corrected chi connectivity index (χ1v) is 7.34. The van der Waals surface area contributed by atoms with E-state index in [-0.39, 0.29) is 11.9 Å². The normalized spacial score (nSPS) is 12.1. The Hall–Kier alpha value is -2.55. The van der Waals surface area contributed by atoms with Crippen molar-refractivity contribution in [3.05, 3.63) is 71.8 Å². The standard InChI is InChI=1S/C19H21NO2/c1-15(14-17-6-4-3-5-7-17)20-19(21)13-10-16-8-11-18(22-2)12-9-16/h3-13,15H,14H2,1-2H3,(H,20,21)/b13-10+. The third-order valence-electron chi connectivity index (χ3n) is 3.32. The molecule has 0 aliphatic rings. The number of nitrogens with one attached hydrogen (secondary N) is 1. The van der Waals surface area contributed by atoms with Gasteiger partial charge in [0.2, 0.25) is 5.91 Å². The predicted molar refractivity (Wildman–Crippen MR) is 89.8 cm³/mol. The van der Waals surface area contributed by atoms with Crippen molar-refractivity contribution < 1.29 is 9.53 Å². The molecule has 1 unspecified atom stereocenters. The van der Waals surface area contributed by atoms with E-state index >= 15 is 0 Å². The molecule has 0 radical (unpaired) electrons. The molecule has 1 amide bonds. The zero-order valence-electron chi connectivity index (χ0n) is 13.0. The Labute approximate surface area is 131 Å². The molecule has 0 heterocycles. The molecule has 0 aliphatic carbocycles.